The van der Waals surface area contributed by atoms with Gasteiger partial charge in [0.25, 0.3) is 0 Å². The Balaban J connectivity index is 2.00. The first-order chi connectivity index (χ1) is 6.80. The van der Waals surface area contributed by atoms with E-state index in [1.165, 1.54) is 6.54 Å². The highest BCUT2D eigenvalue weighted by atomic mass is 16.5. The van der Waals surface area contributed by atoms with Crippen molar-refractivity contribution >= 4 is 0 Å². The molecule has 0 unspecified atom stereocenters. The largest absolute Gasteiger partial charge is 0.380 e. The summed E-state index contributed by atoms with van der Waals surface area (Å²) in [6, 6.07) is 0. The van der Waals surface area contributed by atoms with Crippen molar-refractivity contribution in [2.24, 2.45) is 11.3 Å². The van der Waals surface area contributed by atoms with Crippen LogP contribution in [0.1, 0.15) is 13.8 Å². The van der Waals surface area contributed by atoms with E-state index in [1.807, 2.05) is 0 Å². The van der Waals surface area contributed by atoms with Gasteiger partial charge in [-0.2, -0.15) is 0 Å². The molecular weight excluding hydrogens is 176 g/mol. The number of hydrogen-bond donors (Lipinski definition) is 1. The topological polar surface area (TPSA) is 24.5 Å². The Bertz CT molecular complexity index is 182. The van der Waals surface area contributed by atoms with Crippen molar-refractivity contribution in [3.05, 3.63) is 0 Å². The Kier molecular flexibility index (Phi) is 3.10. The number of nitrogens with one attached hydrogen (secondary N) is 1. The summed E-state index contributed by atoms with van der Waals surface area (Å²) >= 11 is 0. The average Bonchev–Trinajstić information content (AvgIpc) is 2.72. The fraction of sp³-hybridized carbons (Fsp3) is 1.00. The van der Waals surface area contributed by atoms with Crippen molar-refractivity contribution in [3.8, 4) is 0 Å². The summed E-state index contributed by atoms with van der Waals surface area (Å²) in [5.41, 5.74) is 0.423. The first kappa shape index (κ1) is 10.4. The van der Waals surface area contributed by atoms with Crippen LogP contribution in [0.5, 0.6) is 0 Å². The lowest BCUT2D eigenvalue weighted by Crippen LogP contribution is -2.42. The predicted molar refractivity (Wildman–Crippen MR) is 57.4 cm³/mol. The summed E-state index contributed by atoms with van der Waals surface area (Å²) in [4.78, 5) is 2.52. The molecule has 2 heterocycles. The SMILES string of the molecule is CCN(CC)C[C@]12CNC[C@H]1COC2. The zero-order valence-electron chi connectivity index (χ0n) is 9.38. The second kappa shape index (κ2) is 4.17. The second-order valence-corrected chi connectivity index (χ2v) is 4.67. The number of rotatable bonds is 4. The highest BCUT2D eigenvalue weighted by Crippen LogP contribution is 2.37. The molecule has 0 radical (unpaired) electrons. The van der Waals surface area contributed by atoms with Gasteiger partial charge in [0.1, 0.15) is 0 Å². The first-order valence-corrected chi connectivity index (χ1v) is 5.81. The van der Waals surface area contributed by atoms with E-state index in [-0.39, 0.29) is 0 Å². The molecule has 2 rings (SSSR count). The minimum atomic E-state index is 0.423. The lowest BCUT2D eigenvalue weighted by Gasteiger charge is -2.32. The molecule has 1 N–H and O–H groups in total. The van der Waals surface area contributed by atoms with E-state index < -0.39 is 0 Å². The number of hydrogen-bond acceptors (Lipinski definition) is 3. The van der Waals surface area contributed by atoms with Gasteiger partial charge in [0, 0.05) is 31.0 Å². The van der Waals surface area contributed by atoms with Crippen molar-refractivity contribution < 1.29 is 4.74 Å². The molecule has 3 nitrogen and oxygen atoms in total. The fourth-order valence-corrected chi connectivity index (χ4v) is 2.79. The van der Waals surface area contributed by atoms with Crippen LogP contribution in [0.4, 0.5) is 0 Å². The minimum Gasteiger partial charge on any atom is -0.380 e. The van der Waals surface area contributed by atoms with Gasteiger partial charge in [-0.15, -0.1) is 0 Å². The predicted octanol–water partition coefficient (Wildman–Crippen LogP) is 0.564. The zero-order valence-corrected chi connectivity index (χ0v) is 9.38. The van der Waals surface area contributed by atoms with Gasteiger partial charge in [0.2, 0.25) is 0 Å². The molecule has 2 aliphatic rings. The highest BCUT2D eigenvalue weighted by Gasteiger charge is 2.47. The Hall–Kier alpha value is -0.120. The van der Waals surface area contributed by atoms with Gasteiger partial charge in [0.05, 0.1) is 13.2 Å². The van der Waals surface area contributed by atoms with E-state index >= 15 is 0 Å². The van der Waals surface area contributed by atoms with Crippen LogP contribution in [0.25, 0.3) is 0 Å². The van der Waals surface area contributed by atoms with Gasteiger partial charge >= 0.3 is 0 Å². The molecule has 0 spiro atoms. The van der Waals surface area contributed by atoms with Crippen LogP contribution in [0.15, 0.2) is 0 Å². The molecule has 2 aliphatic heterocycles. The highest BCUT2D eigenvalue weighted by molar-refractivity contribution is 5.00. The molecule has 82 valence electrons. The van der Waals surface area contributed by atoms with E-state index in [1.54, 1.807) is 0 Å². The molecule has 14 heavy (non-hydrogen) atoms. The van der Waals surface area contributed by atoms with Gasteiger partial charge in [0.15, 0.2) is 0 Å². The van der Waals surface area contributed by atoms with Gasteiger partial charge in [-0.3, -0.25) is 0 Å². The molecule has 2 saturated heterocycles. The Morgan fingerprint density at radius 2 is 2.21 bits per heavy atom. The van der Waals surface area contributed by atoms with E-state index in [0.29, 0.717) is 5.41 Å². The summed E-state index contributed by atoms with van der Waals surface area (Å²) in [5, 5.41) is 3.51. The average molecular weight is 198 g/mol. The van der Waals surface area contributed by atoms with Crippen LogP contribution in [-0.4, -0.2) is 50.8 Å². The Morgan fingerprint density at radius 1 is 1.43 bits per heavy atom. The van der Waals surface area contributed by atoms with Gasteiger partial charge in [-0.1, -0.05) is 13.8 Å². The van der Waals surface area contributed by atoms with Crippen LogP contribution in [0.3, 0.4) is 0 Å². The zero-order chi connectivity index (χ0) is 10.0. The summed E-state index contributed by atoms with van der Waals surface area (Å²) in [6.45, 7) is 12.2. The quantitative estimate of drug-likeness (QED) is 0.714. The lowest BCUT2D eigenvalue weighted by molar-refractivity contribution is 0.118. The molecule has 0 amide bonds. The molecule has 0 aromatic carbocycles. The summed E-state index contributed by atoms with van der Waals surface area (Å²) in [7, 11) is 0. The standard InChI is InChI=1S/C11H22N2O/c1-3-13(4-2)8-11-7-12-5-10(11)6-14-9-11/h10,12H,3-9H2,1-2H3/t10-,11-/m0/s1. The Labute approximate surface area is 86.8 Å². The van der Waals surface area contributed by atoms with E-state index in [9.17, 15) is 0 Å². The molecule has 2 atom stereocenters. The van der Waals surface area contributed by atoms with E-state index in [4.69, 9.17) is 4.74 Å². The third-order valence-electron chi connectivity index (χ3n) is 3.88. The van der Waals surface area contributed by atoms with Crippen LogP contribution < -0.4 is 5.32 Å². The number of ether oxygens (including phenoxy) is 1. The summed E-state index contributed by atoms with van der Waals surface area (Å²) in [5.74, 6) is 0.753. The second-order valence-electron chi connectivity index (χ2n) is 4.67. The Morgan fingerprint density at radius 3 is 2.93 bits per heavy atom. The third kappa shape index (κ3) is 1.69. The number of nitrogens with zero attached hydrogens (tertiary/aromatic N) is 1. The van der Waals surface area contributed by atoms with Crippen molar-refractivity contribution in [1.29, 1.82) is 0 Å². The monoisotopic (exact) mass is 198 g/mol. The third-order valence-corrected chi connectivity index (χ3v) is 3.88. The van der Waals surface area contributed by atoms with Crippen molar-refractivity contribution in [2.75, 3.05) is 45.9 Å². The first-order valence-electron chi connectivity index (χ1n) is 5.81. The van der Waals surface area contributed by atoms with E-state index in [0.717, 1.165) is 45.3 Å². The minimum absolute atomic E-state index is 0.423. The normalized spacial score (nSPS) is 36.6. The molecule has 0 aliphatic carbocycles. The van der Waals surface area contributed by atoms with Crippen LogP contribution in [-0.2, 0) is 4.74 Å². The molecule has 0 aromatic heterocycles. The lowest BCUT2D eigenvalue weighted by atomic mass is 9.80. The van der Waals surface area contributed by atoms with Gasteiger partial charge in [-0.25, -0.2) is 0 Å². The summed E-state index contributed by atoms with van der Waals surface area (Å²) in [6.07, 6.45) is 0. The maximum absolute atomic E-state index is 5.64. The van der Waals surface area contributed by atoms with E-state index in [2.05, 4.69) is 24.1 Å². The molecule has 0 saturated carbocycles. The van der Waals surface area contributed by atoms with Crippen LogP contribution >= 0.6 is 0 Å². The smallest absolute Gasteiger partial charge is 0.0551 e. The maximum Gasteiger partial charge on any atom is 0.0551 e. The molecule has 0 bridgehead atoms. The van der Waals surface area contributed by atoms with Crippen molar-refractivity contribution in [2.45, 2.75) is 13.8 Å². The molecular formula is C11H22N2O. The fourth-order valence-electron chi connectivity index (χ4n) is 2.79. The van der Waals surface area contributed by atoms with Crippen molar-refractivity contribution in [3.63, 3.8) is 0 Å². The van der Waals surface area contributed by atoms with Gasteiger partial charge in [-0.05, 0) is 13.1 Å². The molecule has 2 fully saturated rings. The van der Waals surface area contributed by atoms with Crippen molar-refractivity contribution in [1.82, 2.24) is 10.2 Å². The maximum atomic E-state index is 5.64. The van der Waals surface area contributed by atoms with Gasteiger partial charge < -0.3 is 15.0 Å². The molecule has 3 heteroatoms. The van der Waals surface area contributed by atoms with Crippen LogP contribution in [0, 0.1) is 11.3 Å². The molecule has 0 aromatic rings. The number of fused-ring (bicyclic) bond motifs is 1. The summed E-state index contributed by atoms with van der Waals surface area (Å²) < 4.78 is 5.64. The van der Waals surface area contributed by atoms with Crippen LogP contribution in [0.2, 0.25) is 0 Å².